The summed E-state index contributed by atoms with van der Waals surface area (Å²) in [6.45, 7) is 4.69. The van der Waals surface area contributed by atoms with Crippen LogP contribution in [-0.4, -0.2) is 17.4 Å². The Kier molecular flexibility index (Phi) is 5.63. The molecule has 0 spiro atoms. The molecule has 0 saturated heterocycles. The maximum atomic E-state index is 12.0. The highest BCUT2D eigenvalue weighted by Gasteiger charge is 2.08. The number of hydrogen-bond acceptors (Lipinski definition) is 3. The molecule has 1 aromatic carbocycles. The molecule has 0 aliphatic rings. The van der Waals surface area contributed by atoms with Crippen LogP contribution in [0, 0.1) is 5.92 Å². The smallest absolute Gasteiger partial charge is 0.269 e. The summed E-state index contributed by atoms with van der Waals surface area (Å²) in [5.74, 6) is 0.195. The molecule has 6 heteroatoms. The number of rotatable bonds is 5. The van der Waals surface area contributed by atoms with Crippen molar-refractivity contribution in [2.24, 2.45) is 5.92 Å². The third kappa shape index (κ3) is 4.90. The Balaban J connectivity index is 2.12. The molecule has 1 amide bonds. The number of pyridine rings is 1. The van der Waals surface area contributed by atoms with Gasteiger partial charge in [0.2, 0.25) is 0 Å². The van der Waals surface area contributed by atoms with Gasteiger partial charge in [-0.05, 0) is 36.2 Å². The molecular weight excluding hydrogens is 321 g/mol. The first-order chi connectivity index (χ1) is 10.4. The highest BCUT2D eigenvalue weighted by Crippen LogP contribution is 2.25. The van der Waals surface area contributed by atoms with Gasteiger partial charge >= 0.3 is 0 Å². The summed E-state index contributed by atoms with van der Waals surface area (Å²) in [4.78, 5) is 16.1. The van der Waals surface area contributed by atoms with Crippen molar-refractivity contribution in [1.82, 2.24) is 10.3 Å². The fourth-order valence-electron chi connectivity index (χ4n) is 1.81. The molecule has 2 rings (SSSR count). The van der Waals surface area contributed by atoms with Crippen LogP contribution in [-0.2, 0) is 0 Å². The quantitative estimate of drug-likeness (QED) is 0.843. The highest BCUT2D eigenvalue weighted by atomic mass is 35.5. The molecule has 0 atom stereocenters. The van der Waals surface area contributed by atoms with E-state index in [0.717, 1.165) is 11.4 Å². The monoisotopic (exact) mass is 337 g/mol. The van der Waals surface area contributed by atoms with E-state index in [-0.39, 0.29) is 5.91 Å². The van der Waals surface area contributed by atoms with Gasteiger partial charge in [-0.1, -0.05) is 37.0 Å². The largest absolute Gasteiger partial charge is 0.355 e. The first kappa shape index (κ1) is 16.6. The number of nitrogens with one attached hydrogen (secondary N) is 2. The predicted molar refractivity (Wildman–Crippen MR) is 91.2 cm³/mol. The summed E-state index contributed by atoms with van der Waals surface area (Å²) in [5, 5.41) is 7.07. The number of aromatic nitrogens is 1. The lowest BCUT2D eigenvalue weighted by Crippen LogP contribution is -2.28. The van der Waals surface area contributed by atoms with Gasteiger partial charge < -0.3 is 10.6 Å². The Bertz CT molecular complexity index is 654. The second-order valence-electron chi connectivity index (χ2n) is 5.32. The summed E-state index contributed by atoms with van der Waals surface area (Å²) in [5.41, 5.74) is 1.85. The third-order valence-electron chi connectivity index (χ3n) is 2.81. The molecule has 4 nitrogen and oxygen atoms in total. The van der Waals surface area contributed by atoms with Crippen LogP contribution in [0.25, 0.3) is 0 Å². The molecule has 0 radical (unpaired) electrons. The predicted octanol–water partition coefficient (Wildman–Crippen LogP) is 4.52. The van der Waals surface area contributed by atoms with Gasteiger partial charge in [0.05, 0.1) is 0 Å². The van der Waals surface area contributed by atoms with Gasteiger partial charge in [0, 0.05) is 34.2 Å². The maximum Gasteiger partial charge on any atom is 0.269 e. The Labute approximate surface area is 139 Å². The fraction of sp³-hybridized carbons (Fsp3) is 0.250. The standard InChI is InChI=1S/C16H17Cl2N3O/c1-10(2)9-20-16(22)15-8-13(3-4-19-15)21-14-6-11(17)5-12(18)7-14/h3-8,10H,9H2,1-2H3,(H,19,21)(H,20,22). The van der Waals surface area contributed by atoms with Gasteiger partial charge in [0.25, 0.3) is 5.91 Å². The lowest BCUT2D eigenvalue weighted by molar-refractivity contribution is 0.0944. The molecule has 0 aliphatic heterocycles. The normalized spacial score (nSPS) is 10.6. The average Bonchev–Trinajstić information content (AvgIpc) is 2.44. The van der Waals surface area contributed by atoms with Crippen LogP contribution in [0.1, 0.15) is 24.3 Å². The van der Waals surface area contributed by atoms with E-state index in [2.05, 4.69) is 15.6 Å². The number of amides is 1. The molecule has 2 aromatic rings. The summed E-state index contributed by atoms with van der Waals surface area (Å²) >= 11 is 11.9. The number of nitrogens with zero attached hydrogens (tertiary/aromatic N) is 1. The van der Waals surface area contributed by atoms with Gasteiger partial charge in [0.1, 0.15) is 5.69 Å². The zero-order chi connectivity index (χ0) is 16.1. The Hall–Kier alpha value is -1.78. The second-order valence-corrected chi connectivity index (χ2v) is 6.19. The molecular formula is C16H17Cl2N3O. The number of hydrogen-bond donors (Lipinski definition) is 2. The fourth-order valence-corrected chi connectivity index (χ4v) is 2.34. The van der Waals surface area contributed by atoms with Crippen molar-refractivity contribution >= 4 is 40.5 Å². The second kappa shape index (κ2) is 7.47. The van der Waals surface area contributed by atoms with E-state index in [0.29, 0.717) is 28.2 Å². The van der Waals surface area contributed by atoms with Gasteiger partial charge in [-0.3, -0.25) is 9.78 Å². The topological polar surface area (TPSA) is 54.0 Å². The molecule has 0 bridgehead atoms. The van der Waals surface area contributed by atoms with E-state index in [9.17, 15) is 4.79 Å². The summed E-state index contributed by atoms with van der Waals surface area (Å²) in [6, 6.07) is 8.63. The van der Waals surface area contributed by atoms with Crippen LogP contribution < -0.4 is 10.6 Å². The van der Waals surface area contributed by atoms with Crippen LogP contribution in [0.15, 0.2) is 36.5 Å². The molecule has 2 N–H and O–H groups in total. The molecule has 0 fully saturated rings. The van der Waals surface area contributed by atoms with Crippen molar-refractivity contribution in [3.05, 3.63) is 52.3 Å². The van der Waals surface area contributed by atoms with Crippen LogP contribution in [0.4, 0.5) is 11.4 Å². The van der Waals surface area contributed by atoms with Gasteiger partial charge in [-0.15, -0.1) is 0 Å². The van der Waals surface area contributed by atoms with Gasteiger partial charge in [0.15, 0.2) is 0 Å². The summed E-state index contributed by atoms with van der Waals surface area (Å²) < 4.78 is 0. The molecule has 1 heterocycles. The van der Waals surface area contributed by atoms with Crippen molar-refractivity contribution < 1.29 is 4.79 Å². The molecule has 0 aliphatic carbocycles. The number of halogens is 2. The maximum absolute atomic E-state index is 12.0. The van der Waals surface area contributed by atoms with Crippen molar-refractivity contribution in [3.8, 4) is 0 Å². The lowest BCUT2D eigenvalue weighted by atomic mass is 10.2. The number of carbonyl (C=O) groups excluding carboxylic acids is 1. The van der Waals surface area contributed by atoms with Crippen LogP contribution in [0.5, 0.6) is 0 Å². The molecule has 1 aromatic heterocycles. The first-order valence-corrected chi connectivity index (χ1v) is 7.67. The molecule has 22 heavy (non-hydrogen) atoms. The SMILES string of the molecule is CC(C)CNC(=O)c1cc(Nc2cc(Cl)cc(Cl)c2)ccn1. The van der Waals surface area contributed by atoms with E-state index in [1.165, 1.54) is 0 Å². The van der Waals surface area contributed by atoms with E-state index < -0.39 is 0 Å². The zero-order valence-electron chi connectivity index (χ0n) is 12.4. The van der Waals surface area contributed by atoms with Gasteiger partial charge in [-0.2, -0.15) is 0 Å². The third-order valence-corrected chi connectivity index (χ3v) is 3.25. The van der Waals surface area contributed by atoms with Crippen molar-refractivity contribution in [1.29, 1.82) is 0 Å². The summed E-state index contributed by atoms with van der Waals surface area (Å²) in [7, 11) is 0. The van der Waals surface area contributed by atoms with Crippen molar-refractivity contribution in [2.45, 2.75) is 13.8 Å². The zero-order valence-corrected chi connectivity index (χ0v) is 13.9. The van der Waals surface area contributed by atoms with Crippen molar-refractivity contribution in [3.63, 3.8) is 0 Å². The highest BCUT2D eigenvalue weighted by molar-refractivity contribution is 6.35. The van der Waals surface area contributed by atoms with Crippen molar-refractivity contribution in [2.75, 3.05) is 11.9 Å². The lowest BCUT2D eigenvalue weighted by Gasteiger charge is -2.10. The Morgan fingerprint density at radius 3 is 2.45 bits per heavy atom. The number of benzene rings is 1. The average molecular weight is 338 g/mol. The minimum absolute atomic E-state index is 0.193. The Morgan fingerprint density at radius 1 is 1.14 bits per heavy atom. The van der Waals surface area contributed by atoms with Crippen LogP contribution >= 0.6 is 23.2 Å². The number of carbonyl (C=O) groups is 1. The van der Waals surface area contributed by atoms with E-state index in [4.69, 9.17) is 23.2 Å². The summed E-state index contributed by atoms with van der Waals surface area (Å²) in [6.07, 6.45) is 1.58. The number of anilines is 2. The van der Waals surface area contributed by atoms with E-state index in [1.54, 1.807) is 36.5 Å². The molecule has 0 saturated carbocycles. The first-order valence-electron chi connectivity index (χ1n) is 6.91. The van der Waals surface area contributed by atoms with Gasteiger partial charge in [-0.25, -0.2) is 0 Å². The minimum Gasteiger partial charge on any atom is -0.355 e. The Morgan fingerprint density at radius 2 is 1.82 bits per heavy atom. The van der Waals surface area contributed by atoms with Crippen LogP contribution in [0.3, 0.4) is 0 Å². The van der Waals surface area contributed by atoms with E-state index in [1.807, 2.05) is 13.8 Å². The van der Waals surface area contributed by atoms with E-state index >= 15 is 0 Å². The molecule has 116 valence electrons. The minimum atomic E-state index is -0.193. The molecule has 0 unspecified atom stereocenters. The van der Waals surface area contributed by atoms with Crippen LogP contribution in [0.2, 0.25) is 10.0 Å².